The second-order valence-corrected chi connectivity index (χ2v) is 12.2. The van der Waals surface area contributed by atoms with Crippen LogP contribution in [0.3, 0.4) is 0 Å². The molecule has 0 spiro atoms. The molecule has 1 atom stereocenters. The Morgan fingerprint density at radius 3 is 2.18 bits per heavy atom. The number of halogens is 4. The zero-order chi connectivity index (χ0) is 28.3. The summed E-state index contributed by atoms with van der Waals surface area (Å²) in [6.45, 7) is 4.15. The lowest BCUT2D eigenvalue weighted by atomic mass is 9.92. The third kappa shape index (κ3) is 7.11. The number of urea groups is 1. The van der Waals surface area contributed by atoms with Gasteiger partial charge in [0.05, 0.1) is 22.0 Å². The van der Waals surface area contributed by atoms with E-state index in [9.17, 15) is 31.5 Å². The van der Waals surface area contributed by atoms with Gasteiger partial charge in [-0.25, -0.2) is 18.0 Å². The third-order valence-electron chi connectivity index (χ3n) is 7.12. The van der Waals surface area contributed by atoms with Crippen LogP contribution in [0, 0.1) is 0 Å². The lowest BCUT2D eigenvalue weighted by Gasteiger charge is -2.41. The number of aromatic hydroxyl groups is 1. The Bertz CT molecular complexity index is 1180. The summed E-state index contributed by atoms with van der Waals surface area (Å²) in [5.41, 5.74) is 1.13. The lowest BCUT2D eigenvalue weighted by Crippen LogP contribution is -2.47. The van der Waals surface area contributed by atoms with E-state index in [1.165, 1.54) is 18.6 Å². The van der Waals surface area contributed by atoms with Crippen LogP contribution in [-0.2, 0) is 14.6 Å². The fourth-order valence-corrected chi connectivity index (χ4v) is 7.28. The number of carbonyl (C=O) groups excluding carboxylic acids is 1. The molecule has 9 nitrogen and oxygen atoms in total. The smallest absolute Gasteiger partial charge is 0.490 e. The molecule has 0 radical (unpaired) electrons. The first kappa shape index (κ1) is 30.0. The minimum absolute atomic E-state index is 0.0251. The van der Waals surface area contributed by atoms with Crippen molar-refractivity contribution in [2.45, 2.75) is 80.3 Å². The molecule has 1 aromatic rings. The average Bonchev–Trinajstić information content (AvgIpc) is 3.19. The zero-order valence-electron chi connectivity index (χ0n) is 20.7. The Kier molecular flexibility index (Phi) is 9.58. The van der Waals surface area contributed by atoms with E-state index in [1.54, 1.807) is 0 Å². The first-order valence-electron chi connectivity index (χ1n) is 12.3. The molecule has 1 saturated carbocycles. The topological polar surface area (TPSA) is 136 Å². The van der Waals surface area contributed by atoms with Crippen LogP contribution in [0.2, 0.25) is 5.02 Å². The summed E-state index contributed by atoms with van der Waals surface area (Å²) < 4.78 is 58.4. The predicted molar refractivity (Wildman–Crippen MR) is 135 cm³/mol. The normalized spacial score (nSPS) is 23.9. The summed E-state index contributed by atoms with van der Waals surface area (Å²) in [4.78, 5) is 23.4. The van der Waals surface area contributed by atoms with Crippen molar-refractivity contribution in [1.29, 1.82) is 0 Å². The number of aliphatic carboxylic acids is 1. The number of anilines is 1. The van der Waals surface area contributed by atoms with Crippen molar-refractivity contribution < 1.29 is 41.4 Å². The van der Waals surface area contributed by atoms with Gasteiger partial charge in [-0.1, -0.05) is 23.3 Å². The third-order valence-corrected chi connectivity index (χ3v) is 9.88. The van der Waals surface area contributed by atoms with E-state index in [2.05, 4.69) is 21.6 Å². The summed E-state index contributed by atoms with van der Waals surface area (Å²) in [5.74, 6) is -3.25. The molecular weight excluding hydrogens is 551 g/mol. The number of amides is 2. The largest absolute Gasteiger partial charge is 0.504 e. The van der Waals surface area contributed by atoms with Crippen molar-refractivity contribution in [3.63, 3.8) is 0 Å². The number of benzene rings is 1. The summed E-state index contributed by atoms with van der Waals surface area (Å²) in [6, 6.07) is 2.74. The van der Waals surface area contributed by atoms with Crippen molar-refractivity contribution in [2.24, 2.45) is 0 Å². The summed E-state index contributed by atoms with van der Waals surface area (Å²) >= 11 is 6.23. The molecule has 212 valence electrons. The molecule has 1 unspecified atom stereocenters. The Hall–Kier alpha value is -2.51. The highest BCUT2D eigenvalue weighted by Gasteiger charge is 2.39. The molecule has 0 bridgehead atoms. The van der Waals surface area contributed by atoms with Gasteiger partial charge in [0.1, 0.15) is 4.90 Å². The van der Waals surface area contributed by atoms with Crippen LogP contribution < -0.4 is 10.6 Å². The fraction of sp³-hybridized carbons (Fsp3) is 0.583. The van der Waals surface area contributed by atoms with E-state index in [4.69, 9.17) is 21.5 Å². The number of allylic oxidation sites excluding steroid dienone is 1. The number of hydrogen-bond acceptors (Lipinski definition) is 6. The van der Waals surface area contributed by atoms with Gasteiger partial charge in [-0.2, -0.15) is 13.2 Å². The maximum Gasteiger partial charge on any atom is 0.490 e. The molecular formula is C24H31ClF3N3O6S. The van der Waals surface area contributed by atoms with E-state index >= 15 is 0 Å². The van der Waals surface area contributed by atoms with Crippen molar-refractivity contribution in [3.05, 3.63) is 28.8 Å². The number of sulfone groups is 1. The van der Waals surface area contributed by atoms with Crippen LogP contribution >= 0.6 is 11.6 Å². The molecule has 2 aliphatic carbocycles. The number of alkyl halides is 3. The van der Waals surface area contributed by atoms with Crippen molar-refractivity contribution >= 4 is 39.1 Å². The Morgan fingerprint density at radius 2 is 1.71 bits per heavy atom. The number of carboxylic acid groups (broad SMARTS) is 1. The SMILES string of the molecule is CC1=CCCC1NC(=O)Nc1ccc(Cl)c(S(=O)(=O)C2CCC(N3CCC3)CC2)c1O.O=C(O)C(F)(F)F. The van der Waals surface area contributed by atoms with Crippen LogP contribution in [0.25, 0.3) is 0 Å². The Labute approximate surface area is 223 Å². The highest BCUT2D eigenvalue weighted by molar-refractivity contribution is 7.92. The van der Waals surface area contributed by atoms with Crippen LogP contribution in [0.4, 0.5) is 23.7 Å². The van der Waals surface area contributed by atoms with Gasteiger partial charge in [0.25, 0.3) is 0 Å². The quantitative estimate of drug-likeness (QED) is 0.292. The van der Waals surface area contributed by atoms with Crippen molar-refractivity contribution in [1.82, 2.24) is 10.2 Å². The lowest BCUT2D eigenvalue weighted by molar-refractivity contribution is -0.192. The Balaban J connectivity index is 0.000000505. The molecule has 3 aliphatic rings. The van der Waals surface area contributed by atoms with Gasteiger partial charge < -0.3 is 25.7 Å². The molecule has 38 heavy (non-hydrogen) atoms. The number of nitrogens with one attached hydrogen (secondary N) is 2. The van der Waals surface area contributed by atoms with Gasteiger partial charge in [0.15, 0.2) is 15.6 Å². The van der Waals surface area contributed by atoms with Gasteiger partial charge in [-0.3, -0.25) is 0 Å². The van der Waals surface area contributed by atoms with Crippen molar-refractivity contribution in [3.8, 4) is 5.75 Å². The zero-order valence-corrected chi connectivity index (χ0v) is 22.3. The van der Waals surface area contributed by atoms with Crippen LogP contribution in [0.1, 0.15) is 51.9 Å². The summed E-state index contributed by atoms with van der Waals surface area (Å²) in [6.07, 6.45) is 2.69. The first-order chi connectivity index (χ1) is 17.7. The highest BCUT2D eigenvalue weighted by Crippen LogP contribution is 2.42. The number of hydrogen-bond donors (Lipinski definition) is 4. The van der Waals surface area contributed by atoms with Crippen LogP contribution in [0.5, 0.6) is 5.75 Å². The van der Waals surface area contributed by atoms with E-state index in [1.807, 2.05) is 6.92 Å². The number of phenolic OH excluding ortho intramolecular Hbond substituents is 1. The van der Waals surface area contributed by atoms with Gasteiger partial charge in [-0.15, -0.1) is 0 Å². The number of likely N-dealkylation sites (tertiary alicyclic amines) is 1. The maximum atomic E-state index is 13.4. The standard InChI is InChI=1S/C22H30ClN3O4S.C2HF3O2/c1-14-4-2-5-18(14)24-22(28)25-19-11-10-17(23)21(20(19)27)31(29,30)16-8-6-15(7-9-16)26-12-3-13-26;3-2(4,5)1(6)7/h4,10-11,15-16,18,27H,2-3,5-9,12-13H2,1H3,(H2,24,25,28);(H,6,7). The number of carbonyl (C=O) groups is 2. The average molecular weight is 582 g/mol. The van der Waals surface area contributed by atoms with E-state index < -0.39 is 39.0 Å². The maximum absolute atomic E-state index is 13.4. The molecule has 0 aromatic heterocycles. The molecule has 1 aromatic carbocycles. The monoisotopic (exact) mass is 581 g/mol. The highest BCUT2D eigenvalue weighted by atomic mass is 35.5. The second kappa shape index (κ2) is 12.1. The van der Waals surface area contributed by atoms with E-state index in [0.717, 1.165) is 44.3 Å². The molecule has 1 aliphatic heterocycles. The molecule has 2 amide bonds. The molecule has 14 heteroatoms. The molecule has 1 saturated heterocycles. The summed E-state index contributed by atoms with van der Waals surface area (Å²) in [7, 11) is -3.83. The van der Waals surface area contributed by atoms with E-state index in [0.29, 0.717) is 18.9 Å². The predicted octanol–water partition coefficient (Wildman–Crippen LogP) is 4.70. The summed E-state index contributed by atoms with van der Waals surface area (Å²) in [5, 5.41) is 22.7. The molecule has 4 N–H and O–H groups in total. The number of nitrogens with zero attached hydrogens (tertiary/aromatic N) is 1. The molecule has 4 rings (SSSR count). The number of rotatable bonds is 5. The van der Waals surface area contributed by atoms with Gasteiger partial charge in [0, 0.05) is 6.04 Å². The van der Waals surface area contributed by atoms with Gasteiger partial charge >= 0.3 is 18.2 Å². The number of phenols is 1. The first-order valence-corrected chi connectivity index (χ1v) is 14.2. The fourth-order valence-electron chi connectivity index (χ4n) is 4.86. The second-order valence-electron chi connectivity index (χ2n) is 9.62. The Morgan fingerprint density at radius 1 is 1.11 bits per heavy atom. The minimum atomic E-state index is -5.08. The molecule has 2 fully saturated rings. The van der Waals surface area contributed by atoms with Gasteiger partial charge in [-0.05, 0) is 77.1 Å². The van der Waals surface area contributed by atoms with E-state index in [-0.39, 0.29) is 21.6 Å². The van der Waals surface area contributed by atoms with Gasteiger partial charge in [0.2, 0.25) is 0 Å². The van der Waals surface area contributed by atoms with Crippen LogP contribution in [-0.4, -0.2) is 72.1 Å². The molecule has 1 heterocycles. The van der Waals surface area contributed by atoms with Crippen LogP contribution in [0.15, 0.2) is 28.7 Å². The minimum Gasteiger partial charge on any atom is -0.504 e. The number of carboxylic acids is 1. The van der Waals surface area contributed by atoms with Crippen molar-refractivity contribution in [2.75, 3.05) is 18.4 Å².